The van der Waals surface area contributed by atoms with Crippen LogP contribution in [0, 0.1) is 31.3 Å². The highest BCUT2D eigenvalue weighted by Crippen LogP contribution is 2.30. The van der Waals surface area contributed by atoms with Crippen LogP contribution in [0.25, 0.3) is 10.6 Å². The van der Waals surface area contributed by atoms with Gasteiger partial charge in [-0.1, -0.05) is 12.1 Å². The SMILES string of the molecule is Cc1cc(Cc2csc(-c3c(F)cc(F)cc3F)n2)c(C)cc1CCN. The van der Waals surface area contributed by atoms with Gasteiger partial charge >= 0.3 is 0 Å². The fraction of sp³-hybridized carbons (Fsp3) is 0.250. The van der Waals surface area contributed by atoms with Crippen molar-refractivity contribution in [2.24, 2.45) is 5.73 Å². The molecular weight excluding hydrogens is 357 g/mol. The van der Waals surface area contributed by atoms with E-state index < -0.39 is 17.5 Å². The van der Waals surface area contributed by atoms with E-state index in [4.69, 9.17) is 5.73 Å². The third-order valence-electron chi connectivity index (χ3n) is 4.35. The summed E-state index contributed by atoms with van der Waals surface area (Å²) < 4.78 is 41.0. The molecule has 0 bridgehead atoms. The lowest BCUT2D eigenvalue weighted by molar-refractivity contribution is 0.548. The molecule has 0 fully saturated rings. The van der Waals surface area contributed by atoms with E-state index in [9.17, 15) is 13.2 Å². The molecule has 0 atom stereocenters. The Balaban J connectivity index is 1.89. The second kappa shape index (κ2) is 7.60. The number of rotatable bonds is 5. The Kier molecular flexibility index (Phi) is 5.44. The van der Waals surface area contributed by atoms with E-state index in [1.807, 2.05) is 13.8 Å². The van der Waals surface area contributed by atoms with Gasteiger partial charge in [-0.3, -0.25) is 0 Å². The average Bonchev–Trinajstić information content (AvgIpc) is 2.99. The molecule has 0 aliphatic carbocycles. The lowest BCUT2D eigenvalue weighted by atomic mass is 9.96. The number of nitrogens with zero attached hydrogens (tertiary/aromatic N) is 1. The molecule has 0 spiro atoms. The number of thiazole rings is 1. The lowest BCUT2D eigenvalue weighted by Crippen LogP contribution is -2.05. The summed E-state index contributed by atoms with van der Waals surface area (Å²) in [6.45, 7) is 4.68. The highest BCUT2D eigenvalue weighted by atomic mass is 32.1. The number of benzene rings is 2. The molecule has 0 amide bonds. The summed E-state index contributed by atoms with van der Waals surface area (Å²) in [6, 6.07) is 5.58. The molecule has 3 aromatic rings. The van der Waals surface area contributed by atoms with E-state index in [-0.39, 0.29) is 10.6 Å². The van der Waals surface area contributed by atoms with Gasteiger partial charge in [-0.2, -0.15) is 0 Å². The van der Waals surface area contributed by atoms with E-state index in [1.165, 1.54) is 11.1 Å². The molecule has 0 aliphatic rings. The molecule has 0 aliphatic heterocycles. The summed E-state index contributed by atoms with van der Waals surface area (Å²) in [4.78, 5) is 4.35. The van der Waals surface area contributed by atoms with Crippen molar-refractivity contribution in [1.82, 2.24) is 4.98 Å². The maximum Gasteiger partial charge on any atom is 0.139 e. The standard InChI is InChI=1S/C20H19F3N2S/c1-11-6-14(12(2)5-13(11)3-4-24)7-16-10-26-20(25-16)19-17(22)8-15(21)9-18(19)23/h5-6,8-10H,3-4,7,24H2,1-2H3. The topological polar surface area (TPSA) is 38.9 Å². The maximum absolute atomic E-state index is 13.9. The zero-order chi connectivity index (χ0) is 18.8. The predicted molar refractivity (Wildman–Crippen MR) is 98.9 cm³/mol. The molecule has 0 unspecified atom stereocenters. The van der Waals surface area contributed by atoms with Gasteiger partial charge in [0.2, 0.25) is 0 Å². The largest absolute Gasteiger partial charge is 0.330 e. The second-order valence-electron chi connectivity index (χ2n) is 6.31. The minimum absolute atomic E-state index is 0.212. The predicted octanol–water partition coefficient (Wildman–Crippen LogP) is 4.94. The number of aromatic nitrogens is 1. The van der Waals surface area contributed by atoms with Crippen LogP contribution in [0.1, 0.15) is 27.9 Å². The molecular formula is C20H19F3N2S. The Labute approximate surface area is 154 Å². The van der Waals surface area contributed by atoms with Gasteiger partial charge in [-0.25, -0.2) is 18.2 Å². The lowest BCUT2D eigenvalue weighted by Gasteiger charge is -2.11. The van der Waals surface area contributed by atoms with Crippen LogP contribution >= 0.6 is 11.3 Å². The van der Waals surface area contributed by atoms with Gasteiger partial charge < -0.3 is 5.73 Å². The van der Waals surface area contributed by atoms with Crippen molar-refractivity contribution in [2.45, 2.75) is 26.7 Å². The first kappa shape index (κ1) is 18.6. The molecule has 136 valence electrons. The highest BCUT2D eigenvalue weighted by molar-refractivity contribution is 7.13. The van der Waals surface area contributed by atoms with Crippen molar-refractivity contribution in [3.8, 4) is 10.6 Å². The fourth-order valence-electron chi connectivity index (χ4n) is 3.00. The smallest absolute Gasteiger partial charge is 0.139 e. The Morgan fingerprint density at radius 2 is 1.58 bits per heavy atom. The van der Waals surface area contributed by atoms with Crippen molar-refractivity contribution < 1.29 is 13.2 Å². The van der Waals surface area contributed by atoms with Gasteiger partial charge in [0.25, 0.3) is 0 Å². The Hall–Kier alpha value is -2.18. The van der Waals surface area contributed by atoms with Crippen LogP contribution in [-0.4, -0.2) is 11.5 Å². The third kappa shape index (κ3) is 3.81. The zero-order valence-corrected chi connectivity index (χ0v) is 15.4. The van der Waals surface area contributed by atoms with E-state index in [0.717, 1.165) is 34.6 Å². The van der Waals surface area contributed by atoms with Crippen molar-refractivity contribution in [1.29, 1.82) is 0 Å². The monoisotopic (exact) mass is 376 g/mol. The van der Waals surface area contributed by atoms with Gasteiger partial charge in [0.1, 0.15) is 22.5 Å². The number of hydrogen-bond donors (Lipinski definition) is 1. The summed E-state index contributed by atoms with van der Waals surface area (Å²) in [5, 5.41) is 1.99. The Bertz CT molecular complexity index is 927. The normalized spacial score (nSPS) is 11.2. The van der Waals surface area contributed by atoms with Crippen molar-refractivity contribution in [3.05, 3.63) is 75.0 Å². The van der Waals surface area contributed by atoms with Crippen LogP contribution < -0.4 is 5.73 Å². The number of halogens is 3. The van der Waals surface area contributed by atoms with Gasteiger partial charge in [0, 0.05) is 23.9 Å². The second-order valence-corrected chi connectivity index (χ2v) is 7.17. The van der Waals surface area contributed by atoms with Gasteiger partial charge in [-0.05, 0) is 49.1 Å². The molecule has 0 saturated heterocycles. The molecule has 3 rings (SSSR count). The van der Waals surface area contributed by atoms with E-state index in [0.29, 0.717) is 25.1 Å². The molecule has 1 heterocycles. The summed E-state index contributed by atoms with van der Waals surface area (Å²) in [5.41, 5.74) is 10.7. The quantitative estimate of drug-likeness (QED) is 0.685. The zero-order valence-electron chi connectivity index (χ0n) is 14.6. The molecule has 1 aromatic heterocycles. The average molecular weight is 376 g/mol. The van der Waals surface area contributed by atoms with Gasteiger partial charge in [-0.15, -0.1) is 11.3 Å². The molecule has 26 heavy (non-hydrogen) atoms. The molecule has 2 aromatic carbocycles. The van der Waals surface area contributed by atoms with Gasteiger partial charge in [0.15, 0.2) is 0 Å². The Morgan fingerprint density at radius 3 is 2.23 bits per heavy atom. The first-order chi connectivity index (χ1) is 12.4. The number of aryl methyl sites for hydroxylation is 2. The van der Waals surface area contributed by atoms with Crippen molar-refractivity contribution in [2.75, 3.05) is 6.54 Å². The summed E-state index contributed by atoms with van der Waals surface area (Å²) in [6.07, 6.45) is 1.40. The number of hydrogen-bond acceptors (Lipinski definition) is 3. The van der Waals surface area contributed by atoms with Crippen LogP contribution in [0.15, 0.2) is 29.6 Å². The van der Waals surface area contributed by atoms with Crippen LogP contribution in [0.5, 0.6) is 0 Å². The van der Waals surface area contributed by atoms with Crippen LogP contribution in [0.3, 0.4) is 0 Å². The minimum atomic E-state index is -0.943. The highest BCUT2D eigenvalue weighted by Gasteiger charge is 2.17. The Morgan fingerprint density at radius 1 is 0.962 bits per heavy atom. The molecule has 0 radical (unpaired) electrons. The maximum atomic E-state index is 13.9. The van der Waals surface area contributed by atoms with Crippen molar-refractivity contribution >= 4 is 11.3 Å². The molecule has 0 saturated carbocycles. The fourth-order valence-corrected chi connectivity index (χ4v) is 3.86. The first-order valence-electron chi connectivity index (χ1n) is 8.27. The summed E-state index contributed by atoms with van der Waals surface area (Å²) >= 11 is 1.15. The molecule has 6 heteroatoms. The van der Waals surface area contributed by atoms with Crippen LogP contribution in [0.4, 0.5) is 13.2 Å². The van der Waals surface area contributed by atoms with Crippen molar-refractivity contribution in [3.63, 3.8) is 0 Å². The summed E-state index contributed by atoms with van der Waals surface area (Å²) in [5.74, 6) is -2.83. The molecule has 2 N–H and O–H groups in total. The van der Waals surface area contributed by atoms with Crippen LogP contribution in [0.2, 0.25) is 0 Å². The van der Waals surface area contributed by atoms with E-state index in [1.54, 1.807) is 5.38 Å². The summed E-state index contributed by atoms with van der Waals surface area (Å²) in [7, 11) is 0. The molecule has 2 nitrogen and oxygen atoms in total. The number of nitrogens with two attached hydrogens (primary N) is 1. The first-order valence-corrected chi connectivity index (χ1v) is 9.15. The van der Waals surface area contributed by atoms with Gasteiger partial charge in [0.05, 0.1) is 11.3 Å². The van der Waals surface area contributed by atoms with Crippen LogP contribution in [-0.2, 0) is 12.8 Å². The third-order valence-corrected chi connectivity index (χ3v) is 5.26. The van der Waals surface area contributed by atoms with E-state index in [2.05, 4.69) is 17.1 Å². The minimum Gasteiger partial charge on any atom is -0.330 e. The van der Waals surface area contributed by atoms with E-state index >= 15 is 0 Å².